The first-order chi connectivity index (χ1) is 9.59. The van der Waals surface area contributed by atoms with Crippen molar-refractivity contribution >= 4 is 0 Å². The Kier molecular flexibility index (Phi) is 5.22. The average molecular weight is 279 g/mol. The second-order valence-corrected chi connectivity index (χ2v) is 6.31. The minimum Gasteiger partial charge on any atom is -0.394 e. The number of hydrogen-bond donors (Lipinski definition) is 2. The zero-order chi connectivity index (χ0) is 14.6. The fourth-order valence-electron chi connectivity index (χ4n) is 3.04. The van der Waals surface area contributed by atoms with Crippen LogP contribution in [0.5, 0.6) is 0 Å². The molecule has 0 aromatic carbocycles. The number of fused-ring (bicyclic) bond motifs is 1. The van der Waals surface area contributed by atoms with Crippen molar-refractivity contribution in [2.45, 2.75) is 71.4 Å². The lowest BCUT2D eigenvalue weighted by Gasteiger charge is -2.29. The number of aryl methyl sites for hydroxylation is 2. The molecule has 0 aliphatic heterocycles. The van der Waals surface area contributed by atoms with Gasteiger partial charge in [0.05, 0.1) is 12.3 Å². The highest BCUT2D eigenvalue weighted by Crippen LogP contribution is 2.23. The Bertz CT molecular complexity index is 441. The number of nitrogens with zero attached hydrogens (tertiary/aromatic N) is 2. The minimum absolute atomic E-state index is 0.183. The molecule has 1 unspecified atom stereocenters. The van der Waals surface area contributed by atoms with Crippen LogP contribution >= 0.6 is 0 Å². The predicted octanol–water partition coefficient (Wildman–Crippen LogP) is 2.21. The molecule has 0 saturated carbocycles. The van der Waals surface area contributed by atoms with Crippen LogP contribution in [0.3, 0.4) is 0 Å². The molecule has 1 aromatic rings. The zero-order valence-electron chi connectivity index (χ0n) is 13.2. The summed E-state index contributed by atoms with van der Waals surface area (Å²) in [4.78, 5) is 4.72. The molecule has 4 heteroatoms. The lowest BCUT2D eigenvalue weighted by Crippen LogP contribution is -2.46. The van der Waals surface area contributed by atoms with Crippen LogP contribution in [0, 0.1) is 6.92 Å². The summed E-state index contributed by atoms with van der Waals surface area (Å²) in [6.07, 6.45) is 6.88. The highest BCUT2D eigenvalue weighted by Gasteiger charge is 2.24. The second-order valence-electron chi connectivity index (χ2n) is 6.31. The summed E-state index contributed by atoms with van der Waals surface area (Å²) in [5, 5.41) is 13.1. The van der Waals surface area contributed by atoms with Crippen LogP contribution in [0.15, 0.2) is 0 Å². The van der Waals surface area contributed by atoms with E-state index in [0.29, 0.717) is 0 Å². The molecule has 2 rings (SSSR count). The highest BCUT2D eigenvalue weighted by atomic mass is 16.3. The maximum absolute atomic E-state index is 9.66. The molecular formula is C16H29N3O. The molecule has 1 atom stereocenters. The van der Waals surface area contributed by atoms with Crippen LogP contribution < -0.4 is 5.32 Å². The standard InChI is InChI=1S/C16H29N3O/c1-4-10-17-16(3,12-20)9-11-19-13(2)18-14-7-5-6-8-15(14)19/h17,20H,4-12H2,1-3H3. The Hall–Kier alpha value is -0.870. The van der Waals surface area contributed by atoms with E-state index >= 15 is 0 Å². The molecule has 0 spiro atoms. The van der Waals surface area contributed by atoms with Crippen molar-refractivity contribution < 1.29 is 5.11 Å². The lowest BCUT2D eigenvalue weighted by atomic mass is 9.97. The zero-order valence-corrected chi connectivity index (χ0v) is 13.2. The van der Waals surface area contributed by atoms with Crippen molar-refractivity contribution in [3.05, 3.63) is 17.2 Å². The van der Waals surface area contributed by atoms with E-state index in [1.54, 1.807) is 0 Å². The van der Waals surface area contributed by atoms with Crippen molar-refractivity contribution in [1.29, 1.82) is 0 Å². The molecule has 0 amide bonds. The third-order valence-corrected chi connectivity index (χ3v) is 4.46. The Morgan fingerprint density at radius 2 is 2.10 bits per heavy atom. The van der Waals surface area contributed by atoms with Gasteiger partial charge in [0.25, 0.3) is 0 Å². The van der Waals surface area contributed by atoms with Gasteiger partial charge in [0.15, 0.2) is 0 Å². The summed E-state index contributed by atoms with van der Waals surface area (Å²) >= 11 is 0. The molecule has 0 fully saturated rings. The van der Waals surface area contributed by atoms with Gasteiger partial charge in [0, 0.05) is 17.8 Å². The Morgan fingerprint density at radius 1 is 1.35 bits per heavy atom. The van der Waals surface area contributed by atoms with Gasteiger partial charge in [-0.05, 0) is 58.9 Å². The first kappa shape index (κ1) is 15.5. The molecule has 0 radical (unpaired) electrons. The van der Waals surface area contributed by atoms with Crippen molar-refractivity contribution in [2.75, 3.05) is 13.2 Å². The van der Waals surface area contributed by atoms with Gasteiger partial charge in [-0.3, -0.25) is 0 Å². The van der Waals surface area contributed by atoms with Gasteiger partial charge in [-0.1, -0.05) is 6.92 Å². The summed E-state index contributed by atoms with van der Waals surface area (Å²) in [6, 6.07) is 0. The van der Waals surface area contributed by atoms with Gasteiger partial charge in [-0.25, -0.2) is 4.98 Å². The maximum atomic E-state index is 9.66. The van der Waals surface area contributed by atoms with Gasteiger partial charge in [0.1, 0.15) is 5.82 Å². The van der Waals surface area contributed by atoms with Crippen LogP contribution in [0.2, 0.25) is 0 Å². The highest BCUT2D eigenvalue weighted by molar-refractivity contribution is 5.19. The summed E-state index contributed by atoms with van der Waals surface area (Å²) in [7, 11) is 0. The van der Waals surface area contributed by atoms with E-state index in [1.807, 2.05) is 0 Å². The number of aliphatic hydroxyl groups excluding tert-OH is 1. The molecular weight excluding hydrogens is 250 g/mol. The minimum atomic E-state index is -0.186. The van der Waals surface area contributed by atoms with E-state index in [9.17, 15) is 5.11 Å². The van der Waals surface area contributed by atoms with E-state index in [0.717, 1.165) is 44.6 Å². The van der Waals surface area contributed by atoms with E-state index < -0.39 is 0 Å². The third-order valence-electron chi connectivity index (χ3n) is 4.46. The first-order valence-corrected chi connectivity index (χ1v) is 8.00. The summed E-state index contributed by atoms with van der Waals surface area (Å²) < 4.78 is 2.37. The normalized spacial score (nSPS) is 17.8. The monoisotopic (exact) mass is 279 g/mol. The average Bonchev–Trinajstić information content (AvgIpc) is 2.78. The van der Waals surface area contributed by atoms with E-state index in [2.05, 4.69) is 30.7 Å². The maximum Gasteiger partial charge on any atom is 0.106 e. The third kappa shape index (κ3) is 3.41. The molecule has 1 heterocycles. The fourth-order valence-corrected chi connectivity index (χ4v) is 3.04. The number of aromatic nitrogens is 2. The molecule has 1 aromatic heterocycles. The lowest BCUT2D eigenvalue weighted by molar-refractivity contribution is 0.160. The molecule has 0 bridgehead atoms. The molecule has 1 aliphatic carbocycles. The van der Waals surface area contributed by atoms with Gasteiger partial charge >= 0.3 is 0 Å². The Labute approximate surface area is 122 Å². The number of aliphatic hydroxyl groups is 1. The van der Waals surface area contributed by atoms with Crippen molar-refractivity contribution in [1.82, 2.24) is 14.9 Å². The summed E-state index contributed by atoms with van der Waals surface area (Å²) in [6.45, 7) is 8.46. The SMILES string of the molecule is CCCNC(C)(CO)CCn1c(C)nc2c1CCCC2. The molecule has 1 aliphatic rings. The Balaban J connectivity index is 2.04. The smallest absolute Gasteiger partial charge is 0.106 e. The number of imidazole rings is 1. The van der Waals surface area contributed by atoms with Crippen LogP contribution in [0.1, 0.15) is 56.7 Å². The van der Waals surface area contributed by atoms with Crippen LogP contribution in [0.4, 0.5) is 0 Å². The number of nitrogens with one attached hydrogen (secondary N) is 1. The summed E-state index contributed by atoms with van der Waals surface area (Å²) in [5.41, 5.74) is 2.55. The van der Waals surface area contributed by atoms with Crippen molar-refractivity contribution in [3.63, 3.8) is 0 Å². The Morgan fingerprint density at radius 3 is 2.80 bits per heavy atom. The summed E-state index contributed by atoms with van der Waals surface area (Å²) in [5.74, 6) is 1.13. The number of rotatable bonds is 7. The van der Waals surface area contributed by atoms with Crippen LogP contribution in [0.25, 0.3) is 0 Å². The van der Waals surface area contributed by atoms with Crippen LogP contribution in [-0.2, 0) is 19.4 Å². The predicted molar refractivity (Wildman–Crippen MR) is 82.0 cm³/mol. The molecule has 20 heavy (non-hydrogen) atoms. The molecule has 0 saturated heterocycles. The second kappa shape index (κ2) is 6.72. The van der Waals surface area contributed by atoms with Gasteiger partial charge < -0.3 is 15.0 Å². The molecule has 2 N–H and O–H groups in total. The van der Waals surface area contributed by atoms with Crippen molar-refractivity contribution in [2.24, 2.45) is 0 Å². The fraction of sp³-hybridized carbons (Fsp3) is 0.812. The van der Waals surface area contributed by atoms with E-state index in [-0.39, 0.29) is 12.1 Å². The first-order valence-electron chi connectivity index (χ1n) is 8.00. The van der Waals surface area contributed by atoms with E-state index in [1.165, 1.54) is 24.2 Å². The largest absolute Gasteiger partial charge is 0.394 e. The molecule has 114 valence electrons. The van der Waals surface area contributed by atoms with Gasteiger partial charge in [0.2, 0.25) is 0 Å². The quantitative estimate of drug-likeness (QED) is 0.804. The van der Waals surface area contributed by atoms with Gasteiger partial charge in [-0.2, -0.15) is 0 Å². The van der Waals surface area contributed by atoms with Gasteiger partial charge in [-0.15, -0.1) is 0 Å². The number of hydrogen-bond acceptors (Lipinski definition) is 3. The van der Waals surface area contributed by atoms with E-state index in [4.69, 9.17) is 4.98 Å². The van der Waals surface area contributed by atoms with Crippen LogP contribution in [-0.4, -0.2) is 33.3 Å². The topological polar surface area (TPSA) is 50.1 Å². The van der Waals surface area contributed by atoms with Crippen molar-refractivity contribution in [3.8, 4) is 0 Å². The molecule has 4 nitrogen and oxygen atoms in total.